The molecule has 26 heavy (non-hydrogen) atoms. The van der Waals surface area contributed by atoms with Crippen molar-refractivity contribution in [3.8, 4) is 5.75 Å². The quantitative estimate of drug-likeness (QED) is 0.789. The molecule has 2 aromatic rings. The minimum Gasteiger partial charge on any atom is -0.493 e. The molecule has 4 nitrogen and oxygen atoms in total. The van der Waals surface area contributed by atoms with Crippen LogP contribution in [-0.4, -0.2) is 24.0 Å². The molecule has 0 saturated heterocycles. The van der Waals surface area contributed by atoms with Crippen LogP contribution in [0.3, 0.4) is 0 Å². The van der Waals surface area contributed by atoms with Gasteiger partial charge in [0.2, 0.25) is 5.91 Å². The number of amides is 1. The Hall–Kier alpha value is -2.23. The number of carbonyl (C=O) groups is 1. The summed E-state index contributed by atoms with van der Waals surface area (Å²) < 4.78 is 11.3. The van der Waals surface area contributed by atoms with Gasteiger partial charge in [0.05, 0.1) is 18.3 Å². The van der Waals surface area contributed by atoms with E-state index in [2.05, 4.69) is 13.8 Å². The molecule has 0 aliphatic carbocycles. The number of nitrogens with zero attached hydrogens (tertiary/aromatic N) is 1. The second-order valence-electron chi connectivity index (χ2n) is 8.05. The van der Waals surface area contributed by atoms with Gasteiger partial charge in [-0.15, -0.1) is 0 Å². The Morgan fingerprint density at radius 1 is 1.23 bits per heavy atom. The smallest absolute Gasteiger partial charge is 0.232 e. The fraction of sp³-hybridized carbons (Fsp3) is 0.500. The molecular weight excluding hydrogens is 326 g/mol. The molecule has 1 aliphatic heterocycles. The molecule has 0 spiro atoms. The molecule has 0 atom stereocenters. The van der Waals surface area contributed by atoms with Crippen molar-refractivity contribution in [2.24, 2.45) is 5.92 Å². The summed E-state index contributed by atoms with van der Waals surface area (Å²) in [6.45, 7) is 10.3. The van der Waals surface area contributed by atoms with Crippen molar-refractivity contribution in [2.75, 3.05) is 13.2 Å². The zero-order valence-electron chi connectivity index (χ0n) is 16.2. The van der Waals surface area contributed by atoms with Gasteiger partial charge in [-0.1, -0.05) is 26.0 Å². The Balaban J connectivity index is 1.73. The normalized spacial score (nSPS) is 14.9. The minimum absolute atomic E-state index is 0.155. The van der Waals surface area contributed by atoms with Gasteiger partial charge in [0, 0.05) is 25.1 Å². The van der Waals surface area contributed by atoms with Crippen molar-refractivity contribution in [1.29, 1.82) is 0 Å². The average Bonchev–Trinajstić information content (AvgIpc) is 2.96. The van der Waals surface area contributed by atoms with Crippen LogP contribution in [0.15, 0.2) is 41.0 Å². The fourth-order valence-corrected chi connectivity index (χ4v) is 3.37. The van der Waals surface area contributed by atoms with Crippen LogP contribution in [0, 0.1) is 5.92 Å². The van der Waals surface area contributed by atoms with E-state index in [4.69, 9.17) is 9.15 Å². The first-order valence-corrected chi connectivity index (χ1v) is 9.46. The Morgan fingerprint density at radius 2 is 1.96 bits per heavy atom. The second kappa shape index (κ2) is 7.56. The van der Waals surface area contributed by atoms with Gasteiger partial charge in [-0.2, -0.15) is 0 Å². The summed E-state index contributed by atoms with van der Waals surface area (Å²) in [5.74, 6) is 2.51. The summed E-state index contributed by atoms with van der Waals surface area (Å²) in [6.07, 6.45) is 3.55. The lowest BCUT2D eigenvalue weighted by Crippen LogP contribution is -2.43. The van der Waals surface area contributed by atoms with E-state index < -0.39 is 5.41 Å². The van der Waals surface area contributed by atoms with Gasteiger partial charge in [0.1, 0.15) is 11.5 Å². The maximum absolute atomic E-state index is 13.3. The molecule has 2 heterocycles. The number of hydrogen-bond donors (Lipinski definition) is 0. The van der Waals surface area contributed by atoms with Crippen molar-refractivity contribution in [3.05, 3.63) is 53.5 Å². The molecule has 0 bridgehead atoms. The number of carbonyl (C=O) groups excluding carboxylic acids is 1. The van der Waals surface area contributed by atoms with Crippen molar-refractivity contribution in [3.63, 3.8) is 0 Å². The molecular formula is C22H29NO3. The molecule has 1 amide bonds. The Bertz CT molecular complexity index is 743. The maximum Gasteiger partial charge on any atom is 0.232 e. The van der Waals surface area contributed by atoms with E-state index in [-0.39, 0.29) is 5.91 Å². The van der Waals surface area contributed by atoms with Gasteiger partial charge in [0.25, 0.3) is 0 Å². The number of rotatable bonds is 5. The van der Waals surface area contributed by atoms with Crippen molar-refractivity contribution < 1.29 is 13.9 Å². The van der Waals surface area contributed by atoms with Crippen LogP contribution < -0.4 is 4.74 Å². The van der Waals surface area contributed by atoms with Crippen molar-refractivity contribution in [1.82, 2.24) is 4.90 Å². The third kappa shape index (κ3) is 3.95. The highest BCUT2D eigenvalue weighted by atomic mass is 16.5. The summed E-state index contributed by atoms with van der Waals surface area (Å²) in [4.78, 5) is 15.2. The molecule has 0 radical (unpaired) electrons. The highest BCUT2D eigenvalue weighted by Crippen LogP contribution is 2.30. The molecule has 1 aromatic heterocycles. The maximum atomic E-state index is 13.3. The van der Waals surface area contributed by atoms with Gasteiger partial charge in [-0.05, 0) is 49.9 Å². The van der Waals surface area contributed by atoms with Crippen LogP contribution in [0.5, 0.6) is 5.75 Å². The first-order valence-electron chi connectivity index (χ1n) is 9.46. The lowest BCUT2D eigenvalue weighted by molar-refractivity contribution is -0.136. The minimum atomic E-state index is -0.579. The van der Waals surface area contributed by atoms with E-state index in [1.165, 1.54) is 0 Å². The van der Waals surface area contributed by atoms with Gasteiger partial charge in [0.15, 0.2) is 0 Å². The molecule has 140 valence electrons. The van der Waals surface area contributed by atoms with Crippen LogP contribution in [0.2, 0.25) is 0 Å². The molecule has 1 aromatic carbocycles. The Morgan fingerprint density at radius 3 is 2.65 bits per heavy atom. The molecule has 1 aliphatic rings. The van der Waals surface area contributed by atoms with E-state index in [0.717, 1.165) is 42.0 Å². The predicted octanol–water partition coefficient (Wildman–Crippen LogP) is 4.57. The van der Waals surface area contributed by atoms with Gasteiger partial charge >= 0.3 is 0 Å². The topological polar surface area (TPSA) is 42.7 Å². The highest BCUT2D eigenvalue weighted by Gasteiger charge is 2.34. The highest BCUT2D eigenvalue weighted by molar-refractivity contribution is 5.87. The Labute approximate surface area is 156 Å². The van der Waals surface area contributed by atoms with Crippen molar-refractivity contribution >= 4 is 5.91 Å². The summed E-state index contributed by atoms with van der Waals surface area (Å²) in [5, 5.41) is 0. The molecule has 3 rings (SSSR count). The average molecular weight is 355 g/mol. The van der Waals surface area contributed by atoms with E-state index in [1.807, 2.05) is 49.1 Å². The van der Waals surface area contributed by atoms with Gasteiger partial charge < -0.3 is 14.1 Å². The number of hydrogen-bond acceptors (Lipinski definition) is 3. The standard InChI is InChI=1S/C22H29NO3/c1-16(2)15-26-19-9-7-18(8-10-19)22(3,4)21(24)23-12-5-6-20-17(14-23)11-13-25-20/h7-11,13,16H,5-6,12,14-15H2,1-4H3. The molecule has 0 unspecified atom stereocenters. The number of fused-ring (bicyclic) bond motifs is 1. The zero-order chi connectivity index (χ0) is 18.7. The number of ether oxygens (including phenoxy) is 1. The number of furan rings is 1. The van der Waals surface area contributed by atoms with Crippen LogP contribution in [0.1, 0.15) is 51.0 Å². The lowest BCUT2D eigenvalue weighted by atomic mass is 9.83. The molecule has 0 N–H and O–H groups in total. The molecule has 0 fully saturated rings. The van der Waals surface area contributed by atoms with E-state index in [9.17, 15) is 4.79 Å². The summed E-state index contributed by atoms with van der Waals surface area (Å²) in [7, 11) is 0. The van der Waals surface area contributed by atoms with Crippen LogP contribution in [0.4, 0.5) is 0 Å². The monoisotopic (exact) mass is 355 g/mol. The second-order valence-corrected chi connectivity index (χ2v) is 8.05. The summed E-state index contributed by atoms with van der Waals surface area (Å²) in [6, 6.07) is 9.92. The third-order valence-corrected chi connectivity index (χ3v) is 5.01. The van der Waals surface area contributed by atoms with Gasteiger partial charge in [-0.25, -0.2) is 0 Å². The zero-order valence-corrected chi connectivity index (χ0v) is 16.2. The molecule has 4 heteroatoms. The van der Waals surface area contributed by atoms with E-state index in [1.54, 1.807) is 6.26 Å². The van der Waals surface area contributed by atoms with Crippen molar-refractivity contribution in [2.45, 2.75) is 52.5 Å². The third-order valence-electron chi connectivity index (χ3n) is 5.01. The fourth-order valence-electron chi connectivity index (χ4n) is 3.37. The first-order chi connectivity index (χ1) is 12.4. The van der Waals surface area contributed by atoms with E-state index in [0.29, 0.717) is 19.1 Å². The SMILES string of the molecule is CC(C)COc1ccc(C(C)(C)C(=O)N2CCCc3occc3C2)cc1. The van der Waals surface area contributed by atoms with Crippen LogP contribution in [0.25, 0.3) is 0 Å². The Kier molecular flexibility index (Phi) is 5.40. The lowest BCUT2D eigenvalue weighted by Gasteiger charge is -2.31. The number of benzene rings is 1. The van der Waals surface area contributed by atoms with E-state index >= 15 is 0 Å². The number of aryl methyl sites for hydroxylation is 1. The first kappa shape index (κ1) is 18.6. The summed E-state index contributed by atoms with van der Waals surface area (Å²) >= 11 is 0. The van der Waals surface area contributed by atoms with Gasteiger partial charge in [-0.3, -0.25) is 4.79 Å². The van der Waals surface area contributed by atoms with Crippen LogP contribution >= 0.6 is 0 Å². The summed E-state index contributed by atoms with van der Waals surface area (Å²) in [5.41, 5.74) is 1.56. The largest absolute Gasteiger partial charge is 0.493 e. The molecule has 0 saturated carbocycles. The van der Waals surface area contributed by atoms with Crippen LogP contribution in [-0.2, 0) is 23.2 Å². The predicted molar refractivity (Wildman–Crippen MR) is 102 cm³/mol.